The minimum Gasteiger partial charge on any atom is -0.460 e. The first-order chi connectivity index (χ1) is 11.2. The zero-order valence-electron chi connectivity index (χ0n) is 12.3. The Morgan fingerprint density at radius 3 is 2.65 bits per heavy atom. The summed E-state index contributed by atoms with van der Waals surface area (Å²) in [6.07, 6.45) is 0. The molecule has 2 aromatic carbocycles. The Balaban J connectivity index is 1.48. The van der Waals surface area contributed by atoms with E-state index >= 15 is 0 Å². The minimum atomic E-state index is -0.497. The second-order valence-corrected chi connectivity index (χ2v) is 4.90. The standard InChI is InChI=1S/C17H15NO5/c19-16(21-10-12-4-2-1-3-5-12)9-18-17(20)13-6-7-14-15(8-13)23-11-22-14/h1-8H,9-11H2,(H,18,20). The van der Waals surface area contributed by atoms with Crippen molar-refractivity contribution in [2.75, 3.05) is 13.3 Å². The highest BCUT2D eigenvalue weighted by atomic mass is 16.7. The minimum absolute atomic E-state index is 0.145. The van der Waals surface area contributed by atoms with Crippen LogP contribution in [-0.2, 0) is 16.1 Å². The third kappa shape index (κ3) is 3.79. The SMILES string of the molecule is O=C(CNC(=O)c1ccc2c(c1)OCO2)OCc1ccccc1. The van der Waals surface area contributed by atoms with E-state index in [0.717, 1.165) is 5.56 Å². The van der Waals surface area contributed by atoms with Gasteiger partial charge in [0.05, 0.1) is 0 Å². The van der Waals surface area contributed by atoms with Crippen molar-refractivity contribution in [2.24, 2.45) is 0 Å². The van der Waals surface area contributed by atoms with Gasteiger partial charge in [0, 0.05) is 5.56 Å². The molecule has 0 bridgehead atoms. The Morgan fingerprint density at radius 1 is 1.04 bits per heavy atom. The summed E-state index contributed by atoms with van der Waals surface area (Å²) in [6.45, 7) is 0.131. The highest BCUT2D eigenvalue weighted by molar-refractivity contribution is 5.96. The molecule has 0 unspecified atom stereocenters. The Labute approximate surface area is 133 Å². The molecule has 1 amide bonds. The van der Waals surface area contributed by atoms with Gasteiger partial charge in [-0.25, -0.2) is 0 Å². The maximum atomic E-state index is 12.0. The number of carbonyl (C=O) groups is 2. The summed E-state index contributed by atoms with van der Waals surface area (Å²) in [5, 5.41) is 2.52. The monoisotopic (exact) mass is 313 g/mol. The first-order valence-corrected chi connectivity index (χ1v) is 7.10. The first kappa shape index (κ1) is 14.9. The lowest BCUT2D eigenvalue weighted by Crippen LogP contribution is -2.30. The molecule has 0 radical (unpaired) electrons. The largest absolute Gasteiger partial charge is 0.460 e. The van der Waals surface area contributed by atoms with E-state index in [1.165, 1.54) is 0 Å². The molecule has 1 aliphatic heterocycles. The number of fused-ring (bicyclic) bond motifs is 1. The van der Waals surface area contributed by atoms with Gasteiger partial charge in [0.15, 0.2) is 11.5 Å². The molecule has 23 heavy (non-hydrogen) atoms. The van der Waals surface area contributed by atoms with Crippen LogP contribution in [0.3, 0.4) is 0 Å². The first-order valence-electron chi connectivity index (χ1n) is 7.10. The van der Waals surface area contributed by atoms with E-state index < -0.39 is 5.97 Å². The van der Waals surface area contributed by atoms with Crippen LogP contribution in [0.15, 0.2) is 48.5 Å². The van der Waals surface area contributed by atoms with Crippen LogP contribution in [0, 0.1) is 0 Å². The summed E-state index contributed by atoms with van der Waals surface area (Å²) in [7, 11) is 0. The van der Waals surface area contributed by atoms with Crippen molar-refractivity contribution >= 4 is 11.9 Å². The predicted octanol–water partition coefficient (Wildman–Crippen LogP) is 1.89. The van der Waals surface area contributed by atoms with Crippen molar-refractivity contribution in [3.05, 3.63) is 59.7 Å². The number of rotatable bonds is 5. The number of ether oxygens (including phenoxy) is 3. The molecule has 6 nitrogen and oxygen atoms in total. The van der Waals surface area contributed by atoms with Gasteiger partial charge in [-0.2, -0.15) is 0 Å². The lowest BCUT2D eigenvalue weighted by atomic mass is 10.2. The Hall–Kier alpha value is -3.02. The average Bonchev–Trinajstić information content (AvgIpc) is 3.06. The molecular weight excluding hydrogens is 298 g/mol. The molecule has 1 N–H and O–H groups in total. The van der Waals surface area contributed by atoms with Gasteiger partial charge in [-0.15, -0.1) is 0 Å². The summed E-state index contributed by atoms with van der Waals surface area (Å²) in [6, 6.07) is 14.2. The van der Waals surface area contributed by atoms with Gasteiger partial charge in [0.25, 0.3) is 5.91 Å². The molecule has 2 aromatic rings. The van der Waals surface area contributed by atoms with Crippen LogP contribution < -0.4 is 14.8 Å². The molecule has 0 aromatic heterocycles. The molecule has 1 heterocycles. The molecule has 0 spiro atoms. The van der Waals surface area contributed by atoms with Crippen molar-refractivity contribution in [1.82, 2.24) is 5.32 Å². The molecule has 6 heteroatoms. The molecule has 1 aliphatic rings. The van der Waals surface area contributed by atoms with Crippen molar-refractivity contribution in [3.8, 4) is 11.5 Å². The van der Waals surface area contributed by atoms with Gasteiger partial charge in [0.1, 0.15) is 13.2 Å². The lowest BCUT2D eigenvalue weighted by Gasteiger charge is -2.07. The summed E-state index contributed by atoms with van der Waals surface area (Å²) in [5.74, 6) is 0.246. The maximum Gasteiger partial charge on any atom is 0.325 e. The summed E-state index contributed by atoms with van der Waals surface area (Å²) < 4.78 is 15.5. The highest BCUT2D eigenvalue weighted by Gasteiger charge is 2.16. The number of esters is 1. The highest BCUT2D eigenvalue weighted by Crippen LogP contribution is 2.32. The summed E-state index contributed by atoms with van der Waals surface area (Å²) >= 11 is 0. The predicted molar refractivity (Wildman–Crippen MR) is 81.1 cm³/mol. The second kappa shape index (κ2) is 6.83. The summed E-state index contributed by atoms with van der Waals surface area (Å²) in [5.41, 5.74) is 1.29. The fraction of sp³-hybridized carbons (Fsp3) is 0.176. The van der Waals surface area contributed by atoms with E-state index in [1.54, 1.807) is 18.2 Å². The van der Waals surface area contributed by atoms with E-state index in [1.807, 2.05) is 30.3 Å². The zero-order valence-corrected chi connectivity index (χ0v) is 12.3. The molecule has 0 saturated heterocycles. The maximum absolute atomic E-state index is 12.0. The molecule has 3 rings (SSSR count). The van der Waals surface area contributed by atoms with Crippen LogP contribution in [0.1, 0.15) is 15.9 Å². The number of hydrogen-bond donors (Lipinski definition) is 1. The van der Waals surface area contributed by atoms with E-state index in [2.05, 4.69) is 5.32 Å². The van der Waals surface area contributed by atoms with Crippen LogP contribution in [0.4, 0.5) is 0 Å². The van der Waals surface area contributed by atoms with Crippen LogP contribution in [0.2, 0.25) is 0 Å². The fourth-order valence-corrected chi connectivity index (χ4v) is 2.08. The molecule has 0 fully saturated rings. The normalized spacial score (nSPS) is 11.8. The van der Waals surface area contributed by atoms with Crippen LogP contribution in [-0.4, -0.2) is 25.2 Å². The smallest absolute Gasteiger partial charge is 0.325 e. The van der Waals surface area contributed by atoms with Crippen molar-refractivity contribution in [3.63, 3.8) is 0 Å². The molecule has 0 atom stereocenters. The van der Waals surface area contributed by atoms with E-state index in [0.29, 0.717) is 17.1 Å². The van der Waals surface area contributed by atoms with Gasteiger partial charge in [0.2, 0.25) is 6.79 Å². The van der Waals surface area contributed by atoms with Crippen molar-refractivity contribution in [1.29, 1.82) is 0 Å². The average molecular weight is 313 g/mol. The van der Waals surface area contributed by atoms with Gasteiger partial charge in [-0.1, -0.05) is 30.3 Å². The lowest BCUT2D eigenvalue weighted by molar-refractivity contribution is -0.143. The Kier molecular flexibility index (Phi) is 4.42. The van der Waals surface area contributed by atoms with E-state index in [-0.39, 0.29) is 25.9 Å². The molecule has 118 valence electrons. The van der Waals surface area contributed by atoms with Crippen LogP contribution in [0.5, 0.6) is 11.5 Å². The van der Waals surface area contributed by atoms with Gasteiger partial charge in [-0.05, 0) is 23.8 Å². The van der Waals surface area contributed by atoms with E-state index in [4.69, 9.17) is 14.2 Å². The Morgan fingerprint density at radius 2 is 1.83 bits per heavy atom. The molecule has 0 saturated carbocycles. The van der Waals surface area contributed by atoms with Crippen LogP contribution in [0.25, 0.3) is 0 Å². The van der Waals surface area contributed by atoms with Gasteiger partial charge < -0.3 is 19.5 Å². The second-order valence-electron chi connectivity index (χ2n) is 4.90. The number of benzene rings is 2. The molecule has 0 aliphatic carbocycles. The Bertz CT molecular complexity index is 714. The fourth-order valence-electron chi connectivity index (χ4n) is 2.08. The third-order valence-corrected chi connectivity index (χ3v) is 3.27. The topological polar surface area (TPSA) is 73.9 Å². The van der Waals surface area contributed by atoms with Crippen LogP contribution >= 0.6 is 0 Å². The van der Waals surface area contributed by atoms with E-state index in [9.17, 15) is 9.59 Å². The third-order valence-electron chi connectivity index (χ3n) is 3.27. The van der Waals surface area contributed by atoms with Crippen molar-refractivity contribution in [2.45, 2.75) is 6.61 Å². The van der Waals surface area contributed by atoms with Gasteiger partial charge in [-0.3, -0.25) is 9.59 Å². The van der Waals surface area contributed by atoms with Crippen molar-refractivity contribution < 1.29 is 23.8 Å². The number of hydrogen-bond acceptors (Lipinski definition) is 5. The number of nitrogens with one attached hydrogen (secondary N) is 1. The quantitative estimate of drug-likeness (QED) is 0.853. The number of carbonyl (C=O) groups excluding carboxylic acids is 2. The zero-order chi connectivity index (χ0) is 16.1. The number of amides is 1. The summed E-state index contributed by atoms with van der Waals surface area (Å²) in [4.78, 5) is 23.7. The molecular formula is C17H15NO5. The van der Waals surface area contributed by atoms with Gasteiger partial charge >= 0.3 is 5.97 Å².